The molecule has 0 atom stereocenters. The lowest BCUT2D eigenvalue weighted by molar-refractivity contribution is -0.133. The summed E-state index contributed by atoms with van der Waals surface area (Å²) in [5.74, 6) is 0.260. The second-order valence-electron chi connectivity index (χ2n) is 5.69. The second-order valence-corrected chi connectivity index (χ2v) is 5.69. The van der Waals surface area contributed by atoms with Gasteiger partial charge >= 0.3 is 0 Å². The molecule has 0 heterocycles. The highest BCUT2D eigenvalue weighted by molar-refractivity contribution is 5.77. The summed E-state index contributed by atoms with van der Waals surface area (Å²) in [5, 5.41) is 0. The fourth-order valence-electron chi connectivity index (χ4n) is 3.18. The zero-order valence-corrected chi connectivity index (χ0v) is 10.4. The van der Waals surface area contributed by atoms with Crippen LogP contribution in [0.1, 0.15) is 57.8 Å². The molecule has 3 heteroatoms. The van der Waals surface area contributed by atoms with Crippen molar-refractivity contribution in [2.45, 2.75) is 69.4 Å². The number of amides is 1. The molecule has 0 aromatic carbocycles. The Morgan fingerprint density at radius 3 is 2.38 bits per heavy atom. The first-order valence-corrected chi connectivity index (χ1v) is 6.65. The van der Waals surface area contributed by atoms with Crippen LogP contribution in [0.2, 0.25) is 0 Å². The largest absolute Gasteiger partial charge is 0.343 e. The zero-order chi connectivity index (χ0) is 11.6. The van der Waals surface area contributed by atoms with Gasteiger partial charge in [-0.1, -0.05) is 25.7 Å². The molecule has 0 saturated heterocycles. The molecule has 0 bridgehead atoms. The Hall–Kier alpha value is -0.570. The van der Waals surface area contributed by atoms with Gasteiger partial charge in [0.2, 0.25) is 5.91 Å². The Kier molecular flexibility index (Phi) is 3.53. The third kappa shape index (κ3) is 2.57. The molecular formula is C13H24N2O. The maximum absolute atomic E-state index is 12.1. The number of nitrogens with zero attached hydrogens (tertiary/aromatic N) is 1. The van der Waals surface area contributed by atoms with Crippen LogP contribution in [0.25, 0.3) is 0 Å². The molecule has 2 saturated carbocycles. The van der Waals surface area contributed by atoms with Crippen LogP contribution in [0.15, 0.2) is 0 Å². The summed E-state index contributed by atoms with van der Waals surface area (Å²) in [4.78, 5) is 14.1. The van der Waals surface area contributed by atoms with Gasteiger partial charge in [0, 0.05) is 25.0 Å². The fraction of sp³-hybridized carbons (Fsp3) is 0.923. The topological polar surface area (TPSA) is 46.3 Å². The molecule has 1 amide bonds. The van der Waals surface area contributed by atoms with Crippen LogP contribution in [0.5, 0.6) is 0 Å². The van der Waals surface area contributed by atoms with E-state index < -0.39 is 0 Å². The molecule has 0 aromatic rings. The lowest BCUT2D eigenvalue weighted by atomic mass is 9.94. The number of hydrogen-bond donors (Lipinski definition) is 1. The van der Waals surface area contributed by atoms with Crippen LogP contribution in [0, 0.1) is 0 Å². The Labute approximate surface area is 98.4 Å². The van der Waals surface area contributed by atoms with Crippen LogP contribution in [-0.2, 0) is 4.79 Å². The predicted molar refractivity (Wildman–Crippen MR) is 65.0 cm³/mol. The molecule has 0 radical (unpaired) electrons. The van der Waals surface area contributed by atoms with Crippen molar-refractivity contribution >= 4 is 5.91 Å². The standard InChI is InChI=1S/C13H24N2O/c1-15(11-6-2-3-7-11)12(16)10-13(14)8-4-5-9-13/h11H,2-10,14H2,1H3. The lowest BCUT2D eigenvalue weighted by Crippen LogP contribution is -2.44. The van der Waals surface area contributed by atoms with Gasteiger partial charge in [0.1, 0.15) is 0 Å². The predicted octanol–water partition coefficient (Wildman–Crippen LogP) is 2.05. The molecule has 0 aliphatic heterocycles. The van der Waals surface area contributed by atoms with Crippen molar-refractivity contribution in [3.8, 4) is 0 Å². The van der Waals surface area contributed by atoms with Gasteiger partial charge in [0.05, 0.1) is 0 Å². The highest BCUT2D eigenvalue weighted by Crippen LogP contribution is 2.31. The second kappa shape index (κ2) is 4.74. The van der Waals surface area contributed by atoms with Gasteiger partial charge in [0.15, 0.2) is 0 Å². The maximum Gasteiger partial charge on any atom is 0.224 e. The van der Waals surface area contributed by atoms with Crippen molar-refractivity contribution in [3.63, 3.8) is 0 Å². The maximum atomic E-state index is 12.1. The summed E-state index contributed by atoms with van der Waals surface area (Å²) >= 11 is 0. The minimum absolute atomic E-state index is 0.191. The first kappa shape index (κ1) is 11.9. The summed E-state index contributed by atoms with van der Waals surface area (Å²) in [6.45, 7) is 0. The van der Waals surface area contributed by atoms with Gasteiger partial charge in [-0.2, -0.15) is 0 Å². The van der Waals surface area contributed by atoms with Crippen molar-refractivity contribution in [1.29, 1.82) is 0 Å². The third-order valence-corrected chi connectivity index (χ3v) is 4.37. The lowest BCUT2D eigenvalue weighted by Gasteiger charge is -2.29. The van der Waals surface area contributed by atoms with Crippen LogP contribution in [0.3, 0.4) is 0 Å². The van der Waals surface area contributed by atoms with E-state index in [1.54, 1.807) is 0 Å². The Morgan fingerprint density at radius 2 is 1.81 bits per heavy atom. The Morgan fingerprint density at radius 1 is 1.25 bits per heavy atom. The van der Waals surface area contributed by atoms with Crippen molar-refractivity contribution < 1.29 is 4.79 Å². The minimum atomic E-state index is -0.191. The summed E-state index contributed by atoms with van der Waals surface area (Å²) in [7, 11) is 1.95. The first-order chi connectivity index (χ1) is 7.61. The van der Waals surface area contributed by atoms with Gasteiger partial charge in [-0.25, -0.2) is 0 Å². The smallest absolute Gasteiger partial charge is 0.224 e. The molecule has 92 valence electrons. The molecule has 0 aromatic heterocycles. The zero-order valence-electron chi connectivity index (χ0n) is 10.4. The first-order valence-electron chi connectivity index (χ1n) is 6.65. The van der Waals surface area contributed by atoms with E-state index >= 15 is 0 Å². The van der Waals surface area contributed by atoms with E-state index in [-0.39, 0.29) is 11.4 Å². The van der Waals surface area contributed by atoms with Gasteiger partial charge in [-0.15, -0.1) is 0 Å². The average molecular weight is 224 g/mol. The Balaban J connectivity index is 1.86. The fourth-order valence-corrected chi connectivity index (χ4v) is 3.18. The van der Waals surface area contributed by atoms with E-state index in [9.17, 15) is 4.79 Å². The van der Waals surface area contributed by atoms with Crippen molar-refractivity contribution in [3.05, 3.63) is 0 Å². The monoisotopic (exact) mass is 224 g/mol. The molecule has 2 rings (SSSR count). The van der Waals surface area contributed by atoms with Crippen LogP contribution in [0.4, 0.5) is 0 Å². The van der Waals surface area contributed by atoms with E-state index in [2.05, 4.69) is 0 Å². The quantitative estimate of drug-likeness (QED) is 0.797. The number of carbonyl (C=O) groups excluding carboxylic acids is 1. The summed E-state index contributed by atoms with van der Waals surface area (Å²) in [5.41, 5.74) is 6.06. The van der Waals surface area contributed by atoms with Crippen molar-refractivity contribution in [2.24, 2.45) is 5.73 Å². The Bertz CT molecular complexity index is 253. The molecule has 0 spiro atoms. The van der Waals surface area contributed by atoms with Gasteiger partial charge in [-0.05, 0) is 25.7 Å². The number of carbonyl (C=O) groups is 1. The van der Waals surface area contributed by atoms with E-state index in [0.717, 1.165) is 12.8 Å². The number of nitrogens with two attached hydrogens (primary N) is 1. The summed E-state index contributed by atoms with van der Waals surface area (Å²) in [6.07, 6.45) is 9.90. The average Bonchev–Trinajstić information content (AvgIpc) is 2.87. The highest BCUT2D eigenvalue weighted by Gasteiger charge is 2.34. The normalized spacial score (nSPS) is 24.9. The molecule has 3 nitrogen and oxygen atoms in total. The van der Waals surface area contributed by atoms with Crippen LogP contribution in [-0.4, -0.2) is 29.4 Å². The van der Waals surface area contributed by atoms with Crippen molar-refractivity contribution in [2.75, 3.05) is 7.05 Å². The molecular weight excluding hydrogens is 200 g/mol. The molecule has 2 aliphatic carbocycles. The molecule has 0 unspecified atom stereocenters. The number of rotatable bonds is 3. The van der Waals surface area contributed by atoms with E-state index in [1.165, 1.54) is 38.5 Å². The van der Waals surface area contributed by atoms with Gasteiger partial charge < -0.3 is 10.6 Å². The molecule has 2 aliphatic rings. The third-order valence-electron chi connectivity index (χ3n) is 4.37. The highest BCUT2D eigenvalue weighted by atomic mass is 16.2. The van der Waals surface area contributed by atoms with Gasteiger partial charge in [0.25, 0.3) is 0 Å². The summed E-state index contributed by atoms with van der Waals surface area (Å²) in [6, 6.07) is 0.484. The van der Waals surface area contributed by atoms with Crippen LogP contribution < -0.4 is 5.73 Å². The summed E-state index contributed by atoms with van der Waals surface area (Å²) < 4.78 is 0. The van der Waals surface area contributed by atoms with E-state index in [0.29, 0.717) is 12.5 Å². The molecule has 16 heavy (non-hydrogen) atoms. The molecule has 2 fully saturated rings. The minimum Gasteiger partial charge on any atom is -0.343 e. The molecule has 2 N–H and O–H groups in total. The van der Waals surface area contributed by atoms with E-state index in [1.807, 2.05) is 11.9 Å². The SMILES string of the molecule is CN(C(=O)CC1(N)CCCC1)C1CCCC1. The van der Waals surface area contributed by atoms with Crippen LogP contribution >= 0.6 is 0 Å². The van der Waals surface area contributed by atoms with E-state index in [4.69, 9.17) is 5.73 Å². The number of hydrogen-bond acceptors (Lipinski definition) is 2. The van der Waals surface area contributed by atoms with Gasteiger partial charge in [-0.3, -0.25) is 4.79 Å². The van der Waals surface area contributed by atoms with Crippen molar-refractivity contribution in [1.82, 2.24) is 4.90 Å².